The van der Waals surface area contributed by atoms with Gasteiger partial charge in [-0.1, -0.05) is 0 Å². The molecule has 1 fully saturated rings. The van der Waals surface area contributed by atoms with Gasteiger partial charge in [0.15, 0.2) is 0 Å². The number of aliphatic hydroxyl groups excluding tert-OH is 1. The lowest BCUT2D eigenvalue weighted by Gasteiger charge is -2.16. The predicted octanol–water partition coefficient (Wildman–Crippen LogP) is 0.630. The summed E-state index contributed by atoms with van der Waals surface area (Å²) in [6.45, 7) is 1.96. The molecule has 6 heteroatoms. The molecule has 0 aliphatic carbocycles. The van der Waals surface area contributed by atoms with Crippen molar-refractivity contribution in [2.24, 2.45) is 5.92 Å². The maximum absolute atomic E-state index is 12.0. The van der Waals surface area contributed by atoms with Gasteiger partial charge in [-0.25, -0.2) is 0 Å². The van der Waals surface area contributed by atoms with E-state index >= 15 is 0 Å². The zero-order valence-corrected chi connectivity index (χ0v) is 11.4. The summed E-state index contributed by atoms with van der Waals surface area (Å²) in [4.78, 5) is 25.4. The number of hydrogen-bond donors (Lipinski definition) is 2. The quantitative estimate of drug-likeness (QED) is 0.800. The van der Waals surface area contributed by atoms with E-state index < -0.39 is 0 Å². The van der Waals surface area contributed by atoms with Crippen molar-refractivity contribution in [1.82, 2.24) is 10.2 Å². The van der Waals surface area contributed by atoms with Crippen molar-refractivity contribution in [2.75, 3.05) is 26.2 Å². The van der Waals surface area contributed by atoms with Gasteiger partial charge in [0.05, 0.1) is 11.8 Å². The highest BCUT2D eigenvalue weighted by atomic mass is 16.3. The number of aliphatic hydroxyl groups is 1. The van der Waals surface area contributed by atoms with Crippen LogP contribution in [0.15, 0.2) is 23.0 Å². The highest BCUT2D eigenvalue weighted by molar-refractivity contribution is 5.94. The molecule has 1 saturated heterocycles. The second kappa shape index (κ2) is 7.09. The Hall–Kier alpha value is -1.82. The summed E-state index contributed by atoms with van der Waals surface area (Å²) in [5, 5.41) is 11.6. The number of rotatable bonds is 6. The molecular weight excluding hydrogens is 260 g/mol. The first-order chi connectivity index (χ1) is 9.70. The van der Waals surface area contributed by atoms with Crippen LogP contribution in [-0.4, -0.2) is 48.1 Å². The lowest BCUT2D eigenvalue weighted by atomic mass is 10.1. The third-order valence-electron chi connectivity index (χ3n) is 3.58. The minimum Gasteiger partial charge on any atom is -0.472 e. The van der Waals surface area contributed by atoms with E-state index in [9.17, 15) is 9.59 Å². The third-order valence-corrected chi connectivity index (χ3v) is 3.58. The van der Waals surface area contributed by atoms with E-state index in [1.54, 1.807) is 6.07 Å². The molecule has 110 valence electrons. The molecule has 1 aliphatic heterocycles. The maximum atomic E-state index is 12.0. The van der Waals surface area contributed by atoms with Crippen molar-refractivity contribution in [3.63, 3.8) is 0 Å². The van der Waals surface area contributed by atoms with Crippen LogP contribution in [0.5, 0.6) is 0 Å². The van der Waals surface area contributed by atoms with E-state index in [0.717, 1.165) is 25.9 Å². The van der Waals surface area contributed by atoms with Gasteiger partial charge in [0, 0.05) is 32.7 Å². The molecule has 6 nitrogen and oxygen atoms in total. The van der Waals surface area contributed by atoms with Gasteiger partial charge in [0.1, 0.15) is 6.26 Å². The van der Waals surface area contributed by atoms with Crippen molar-refractivity contribution in [3.8, 4) is 0 Å². The highest BCUT2D eigenvalue weighted by Gasteiger charge is 2.25. The van der Waals surface area contributed by atoms with Crippen LogP contribution in [0.4, 0.5) is 0 Å². The minimum atomic E-state index is -0.230. The standard InChI is InChI=1S/C14H20N2O4/c17-7-3-11-2-6-16(9-11)13(18)1-5-15-14(19)12-4-8-20-10-12/h4,8,10-11,17H,1-3,5-7,9H2,(H,15,19). The predicted molar refractivity (Wildman–Crippen MR) is 72.0 cm³/mol. The van der Waals surface area contributed by atoms with Crippen LogP contribution in [0.25, 0.3) is 0 Å². The molecule has 0 radical (unpaired) electrons. The fraction of sp³-hybridized carbons (Fsp3) is 0.571. The normalized spacial score (nSPS) is 18.2. The Bertz CT molecular complexity index is 444. The first-order valence-corrected chi connectivity index (χ1v) is 6.89. The highest BCUT2D eigenvalue weighted by Crippen LogP contribution is 2.19. The fourth-order valence-corrected chi connectivity index (χ4v) is 2.41. The molecule has 2 rings (SSSR count). The Morgan fingerprint density at radius 1 is 1.50 bits per heavy atom. The molecule has 0 aromatic carbocycles. The smallest absolute Gasteiger partial charge is 0.254 e. The Morgan fingerprint density at radius 3 is 3.05 bits per heavy atom. The van der Waals surface area contributed by atoms with Crippen LogP contribution in [0.1, 0.15) is 29.6 Å². The number of nitrogens with zero attached hydrogens (tertiary/aromatic N) is 1. The molecule has 1 aliphatic rings. The van der Waals surface area contributed by atoms with Gasteiger partial charge in [-0.15, -0.1) is 0 Å². The molecule has 0 saturated carbocycles. The van der Waals surface area contributed by atoms with Gasteiger partial charge < -0.3 is 19.7 Å². The molecule has 1 atom stereocenters. The third kappa shape index (κ3) is 3.84. The Labute approximate surface area is 117 Å². The molecule has 1 unspecified atom stereocenters. The van der Waals surface area contributed by atoms with Crippen molar-refractivity contribution in [3.05, 3.63) is 24.2 Å². The lowest BCUT2D eigenvalue weighted by Crippen LogP contribution is -2.33. The zero-order valence-electron chi connectivity index (χ0n) is 11.4. The van der Waals surface area contributed by atoms with Crippen LogP contribution in [0, 0.1) is 5.92 Å². The molecule has 2 heterocycles. The summed E-state index contributed by atoms with van der Waals surface area (Å²) < 4.78 is 4.82. The van der Waals surface area contributed by atoms with Gasteiger partial charge in [-0.05, 0) is 24.8 Å². The van der Waals surface area contributed by atoms with Crippen LogP contribution in [-0.2, 0) is 4.79 Å². The lowest BCUT2D eigenvalue weighted by molar-refractivity contribution is -0.130. The summed E-state index contributed by atoms with van der Waals surface area (Å²) in [6, 6.07) is 1.58. The van der Waals surface area contributed by atoms with E-state index in [1.165, 1.54) is 12.5 Å². The van der Waals surface area contributed by atoms with Crippen molar-refractivity contribution < 1.29 is 19.1 Å². The average molecular weight is 280 g/mol. The van der Waals surface area contributed by atoms with Crippen molar-refractivity contribution >= 4 is 11.8 Å². The number of carbonyl (C=O) groups excluding carboxylic acids is 2. The number of hydrogen-bond acceptors (Lipinski definition) is 4. The molecule has 2 N–H and O–H groups in total. The number of furan rings is 1. The summed E-state index contributed by atoms with van der Waals surface area (Å²) in [5.41, 5.74) is 0.460. The first kappa shape index (κ1) is 14.6. The second-order valence-corrected chi connectivity index (χ2v) is 5.02. The summed E-state index contributed by atoms with van der Waals surface area (Å²) >= 11 is 0. The van der Waals surface area contributed by atoms with Gasteiger partial charge >= 0.3 is 0 Å². The van der Waals surface area contributed by atoms with Crippen LogP contribution in [0.3, 0.4) is 0 Å². The van der Waals surface area contributed by atoms with E-state index in [0.29, 0.717) is 24.4 Å². The largest absolute Gasteiger partial charge is 0.472 e. The van der Waals surface area contributed by atoms with Crippen LogP contribution < -0.4 is 5.32 Å². The monoisotopic (exact) mass is 280 g/mol. The number of carbonyl (C=O) groups is 2. The fourth-order valence-electron chi connectivity index (χ4n) is 2.41. The Morgan fingerprint density at radius 2 is 2.35 bits per heavy atom. The number of likely N-dealkylation sites (tertiary alicyclic amines) is 1. The van der Waals surface area contributed by atoms with Crippen molar-refractivity contribution in [2.45, 2.75) is 19.3 Å². The van der Waals surface area contributed by atoms with Gasteiger partial charge in [-0.2, -0.15) is 0 Å². The summed E-state index contributed by atoms with van der Waals surface area (Å²) in [7, 11) is 0. The molecule has 0 spiro atoms. The van der Waals surface area contributed by atoms with E-state index in [4.69, 9.17) is 9.52 Å². The van der Waals surface area contributed by atoms with E-state index in [-0.39, 0.29) is 18.4 Å². The van der Waals surface area contributed by atoms with Gasteiger partial charge in [0.2, 0.25) is 5.91 Å². The van der Waals surface area contributed by atoms with Crippen LogP contribution in [0.2, 0.25) is 0 Å². The van der Waals surface area contributed by atoms with E-state index in [1.807, 2.05) is 4.90 Å². The second-order valence-electron chi connectivity index (χ2n) is 5.02. The summed E-state index contributed by atoms with van der Waals surface area (Å²) in [5.74, 6) is 0.230. The number of nitrogens with one attached hydrogen (secondary N) is 1. The first-order valence-electron chi connectivity index (χ1n) is 6.89. The molecule has 1 aromatic rings. The Kier molecular flexibility index (Phi) is 5.17. The summed E-state index contributed by atoms with van der Waals surface area (Å²) in [6.07, 6.45) is 4.81. The molecule has 2 amide bonds. The molecule has 20 heavy (non-hydrogen) atoms. The maximum Gasteiger partial charge on any atom is 0.254 e. The SMILES string of the molecule is O=C(NCCC(=O)N1CCC(CCO)C1)c1ccoc1. The van der Waals surface area contributed by atoms with Gasteiger partial charge in [-0.3, -0.25) is 9.59 Å². The van der Waals surface area contributed by atoms with E-state index in [2.05, 4.69) is 5.32 Å². The molecule has 1 aromatic heterocycles. The Balaban J connectivity index is 1.67. The van der Waals surface area contributed by atoms with Crippen molar-refractivity contribution in [1.29, 1.82) is 0 Å². The molecular formula is C14H20N2O4. The molecule has 0 bridgehead atoms. The van der Waals surface area contributed by atoms with Gasteiger partial charge in [0.25, 0.3) is 5.91 Å². The average Bonchev–Trinajstić information content (AvgIpc) is 3.10. The number of amides is 2. The minimum absolute atomic E-state index is 0.0536. The van der Waals surface area contributed by atoms with Crippen LogP contribution >= 0.6 is 0 Å². The topological polar surface area (TPSA) is 82.8 Å². The zero-order chi connectivity index (χ0) is 14.4.